The van der Waals surface area contributed by atoms with Crippen LogP contribution in [0.2, 0.25) is 0 Å². The molecule has 1 saturated heterocycles. The minimum absolute atomic E-state index is 0.107. The van der Waals surface area contributed by atoms with Crippen LogP contribution < -0.4 is 5.32 Å². The molecule has 0 spiro atoms. The largest absolute Gasteiger partial charge is 0.419 e. The van der Waals surface area contributed by atoms with Crippen molar-refractivity contribution >= 4 is 11.8 Å². The predicted molar refractivity (Wildman–Crippen MR) is 68.7 cm³/mol. The van der Waals surface area contributed by atoms with Crippen molar-refractivity contribution in [2.45, 2.75) is 30.3 Å². The van der Waals surface area contributed by atoms with Crippen LogP contribution in [0.5, 0.6) is 0 Å². The van der Waals surface area contributed by atoms with Crippen molar-refractivity contribution in [1.82, 2.24) is 5.32 Å². The minimum atomic E-state index is -4.64. The summed E-state index contributed by atoms with van der Waals surface area (Å²) in [5.41, 5.74) is -0.627. The van der Waals surface area contributed by atoms with Crippen molar-refractivity contribution < 1.29 is 17.6 Å². The lowest BCUT2D eigenvalue weighted by molar-refractivity contribution is -0.140. The van der Waals surface area contributed by atoms with E-state index in [2.05, 4.69) is 5.32 Å². The molecule has 1 aliphatic heterocycles. The topological polar surface area (TPSA) is 12.0 Å². The van der Waals surface area contributed by atoms with Crippen molar-refractivity contribution in [3.63, 3.8) is 0 Å². The molecule has 0 saturated carbocycles. The third-order valence-corrected chi connectivity index (χ3v) is 4.77. The fourth-order valence-corrected chi connectivity index (χ4v) is 3.84. The van der Waals surface area contributed by atoms with Gasteiger partial charge in [-0.15, -0.1) is 0 Å². The highest BCUT2D eigenvalue weighted by molar-refractivity contribution is 8.00. The molecule has 1 heterocycles. The van der Waals surface area contributed by atoms with Gasteiger partial charge in [0.25, 0.3) is 0 Å². The van der Waals surface area contributed by atoms with Gasteiger partial charge in [0.2, 0.25) is 0 Å². The third kappa shape index (κ3) is 3.23. The zero-order valence-corrected chi connectivity index (χ0v) is 11.2. The molecule has 6 heteroatoms. The van der Waals surface area contributed by atoms with Crippen LogP contribution in [0.4, 0.5) is 17.6 Å². The van der Waals surface area contributed by atoms with E-state index in [-0.39, 0.29) is 6.04 Å². The van der Waals surface area contributed by atoms with Crippen LogP contribution in [0, 0.1) is 5.82 Å². The van der Waals surface area contributed by atoms with Gasteiger partial charge < -0.3 is 5.32 Å². The fourth-order valence-electron chi connectivity index (χ4n) is 2.39. The number of alkyl halides is 3. The Morgan fingerprint density at radius 3 is 2.58 bits per heavy atom. The van der Waals surface area contributed by atoms with Crippen LogP contribution in [-0.4, -0.2) is 18.1 Å². The van der Waals surface area contributed by atoms with E-state index in [0.717, 1.165) is 30.7 Å². The molecule has 1 N–H and O–H groups in total. The van der Waals surface area contributed by atoms with Crippen LogP contribution in [-0.2, 0) is 6.18 Å². The summed E-state index contributed by atoms with van der Waals surface area (Å²) in [6, 6.07) is 3.09. The van der Waals surface area contributed by atoms with Crippen molar-refractivity contribution in [2.75, 3.05) is 12.8 Å². The van der Waals surface area contributed by atoms with Gasteiger partial charge in [-0.25, -0.2) is 4.39 Å². The maximum absolute atomic E-state index is 13.6. The number of nitrogens with one attached hydrogen (secondary N) is 1. The van der Waals surface area contributed by atoms with E-state index in [0.29, 0.717) is 10.8 Å². The van der Waals surface area contributed by atoms with Gasteiger partial charge in [-0.3, -0.25) is 0 Å². The van der Waals surface area contributed by atoms with E-state index in [1.54, 1.807) is 18.8 Å². The van der Waals surface area contributed by atoms with Gasteiger partial charge in [0.05, 0.1) is 5.56 Å². The van der Waals surface area contributed by atoms with Crippen LogP contribution in [0.25, 0.3) is 0 Å². The lowest BCUT2D eigenvalue weighted by atomic mass is 9.99. The molecular formula is C13H15F4NS. The zero-order chi connectivity index (χ0) is 14.0. The first-order valence-corrected chi connectivity index (χ1v) is 7.14. The highest BCUT2D eigenvalue weighted by atomic mass is 32.2. The third-order valence-electron chi connectivity index (χ3n) is 3.31. The Morgan fingerprint density at radius 1 is 1.37 bits per heavy atom. The normalized spacial score (nSPS) is 21.6. The van der Waals surface area contributed by atoms with Gasteiger partial charge >= 0.3 is 6.18 Å². The number of benzene rings is 1. The molecule has 1 aromatic rings. The molecule has 1 nitrogen and oxygen atoms in total. The highest BCUT2D eigenvalue weighted by Gasteiger charge is 2.35. The van der Waals surface area contributed by atoms with Crippen molar-refractivity contribution in [1.29, 1.82) is 0 Å². The zero-order valence-electron chi connectivity index (χ0n) is 10.4. The number of hydrogen-bond donors (Lipinski definition) is 1. The number of rotatable bonds is 3. The first-order valence-electron chi connectivity index (χ1n) is 6.09. The van der Waals surface area contributed by atoms with E-state index in [4.69, 9.17) is 0 Å². The molecule has 0 bridgehead atoms. The molecule has 0 amide bonds. The van der Waals surface area contributed by atoms with Gasteiger partial charge in [0, 0.05) is 11.3 Å². The molecule has 2 rings (SSSR count). The van der Waals surface area contributed by atoms with Crippen LogP contribution in [0.15, 0.2) is 18.2 Å². The molecule has 1 aromatic carbocycles. The quantitative estimate of drug-likeness (QED) is 0.845. The summed E-state index contributed by atoms with van der Waals surface area (Å²) in [5.74, 6) is -0.153. The fraction of sp³-hybridized carbons (Fsp3) is 0.538. The first-order chi connectivity index (χ1) is 8.93. The van der Waals surface area contributed by atoms with Gasteiger partial charge in [-0.1, -0.05) is 6.07 Å². The summed E-state index contributed by atoms with van der Waals surface area (Å²) in [4.78, 5) is 0. The van der Waals surface area contributed by atoms with Crippen LogP contribution in [0.1, 0.15) is 30.0 Å². The van der Waals surface area contributed by atoms with Crippen molar-refractivity contribution in [3.05, 3.63) is 35.1 Å². The predicted octanol–water partition coefficient (Wildman–Crippen LogP) is 4.00. The number of hydrogen-bond acceptors (Lipinski definition) is 2. The molecule has 106 valence electrons. The number of thioether (sulfide) groups is 1. The summed E-state index contributed by atoms with van der Waals surface area (Å²) < 4.78 is 51.1. The first kappa shape index (κ1) is 14.7. The lowest BCUT2D eigenvalue weighted by Gasteiger charge is -2.23. The Hall–Kier alpha value is -0.750. The summed E-state index contributed by atoms with van der Waals surface area (Å²) in [5, 5.41) is 3.37. The van der Waals surface area contributed by atoms with Crippen LogP contribution >= 0.6 is 11.8 Å². The molecule has 2 unspecified atom stereocenters. The summed E-state index contributed by atoms with van der Waals surface area (Å²) >= 11 is 1.78. The summed E-state index contributed by atoms with van der Waals surface area (Å²) in [6.45, 7) is 0. The SMILES string of the molecule is CNC(c1ccc(C(F)(F)F)c(F)c1)C1CCCS1. The van der Waals surface area contributed by atoms with E-state index in [1.165, 1.54) is 6.07 Å². The molecular weight excluding hydrogens is 278 g/mol. The maximum atomic E-state index is 13.6. The minimum Gasteiger partial charge on any atom is -0.312 e. The molecule has 2 atom stereocenters. The van der Waals surface area contributed by atoms with Crippen molar-refractivity contribution in [3.8, 4) is 0 Å². The second-order valence-electron chi connectivity index (χ2n) is 4.55. The smallest absolute Gasteiger partial charge is 0.312 e. The standard InChI is InChI=1S/C13H15F4NS/c1-18-12(11-3-2-6-19-11)8-4-5-9(10(14)7-8)13(15,16)17/h4-5,7,11-12,18H,2-3,6H2,1H3. The molecule has 0 aliphatic carbocycles. The summed E-state index contributed by atoms with van der Waals surface area (Å²) in [6.07, 6.45) is -2.55. The van der Waals surface area contributed by atoms with E-state index in [1.807, 2.05) is 0 Å². The number of halogens is 4. The second kappa shape index (κ2) is 5.71. The summed E-state index contributed by atoms with van der Waals surface area (Å²) in [7, 11) is 1.75. The molecule has 0 aromatic heterocycles. The van der Waals surface area contributed by atoms with Crippen LogP contribution in [0.3, 0.4) is 0 Å². The van der Waals surface area contributed by atoms with E-state index in [9.17, 15) is 17.6 Å². The lowest BCUT2D eigenvalue weighted by Crippen LogP contribution is -2.26. The molecule has 1 fully saturated rings. The van der Waals surface area contributed by atoms with Crippen molar-refractivity contribution in [2.24, 2.45) is 0 Å². The average molecular weight is 293 g/mol. The molecule has 1 aliphatic rings. The second-order valence-corrected chi connectivity index (χ2v) is 5.90. The molecule has 0 radical (unpaired) electrons. The average Bonchev–Trinajstić information content (AvgIpc) is 2.82. The Labute approximate surface area is 113 Å². The Balaban J connectivity index is 2.27. The monoisotopic (exact) mass is 293 g/mol. The van der Waals surface area contributed by atoms with Gasteiger partial charge in [-0.05, 0) is 43.3 Å². The maximum Gasteiger partial charge on any atom is 0.419 e. The Bertz CT molecular complexity index is 441. The molecule has 19 heavy (non-hydrogen) atoms. The van der Waals surface area contributed by atoms with E-state index >= 15 is 0 Å². The van der Waals surface area contributed by atoms with Gasteiger partial charge in [-0.2, -0.15) is 24.9 Å². The van der Waals surface area contributed by atoms with Gasteiger partial charge in [0.15, 0.2) is 0 Å². The van der Waals surface area contributed by atoms with E-state index < -0.39 is 17.6 Å². The Morgan fingerprint density at radius 2 is 2.11 bits per heavy atom. The Kier molecular flexibility index (Phi) is 4.40. The highest BCUT2D eigenvalue weighted by Crippen LogP contribution is 2.37. The van der Waals surface area contributed by atoms with Gasteiger partial charge in [0.1, 0.15) is 5.82 Å².